The largest absolute Gasteiger partial charge is 0.461 e. The van der Waals surface area contributed by atoms with Gasteiger partial charge in [-0.1, -0.05) is 11.6 Å². The Morgan fingerprint density at radius 1 is 1.17 bits per heavy atom. The highest BCUT2D eigenvalue weighted by atomic mass is 16.6. The molecule has 1 aliphatic heterocycles. The van der Waals surface area contributed by atoms with E-state index in [4.69, 9.17) is 10.5 Å². The highest BCUT2D eigenvalue weighted by Crippen LogP contribution is 2.20. The van der Waals surface area contributed by atoms with Crippen LogP contribution in [0.3, 0.4) is 0 Å². The first-order chi connectivity index (χ1) is 14.7. The molecule has 1 saturated heterocycles. The Balaban J connectivity index is 1.46. The van der Waals surface area contributed by atoms with E-state index in [0.717, 1.165) is 37.9 Å². The number of nitrogens with zero attached hydrogens (tertiary/aromatic N) is 7. The molecule has 3 aromatic heterocycles. The van der Waals surface area contributed by atoms with Gasteiger partial charge < -0.3 is 10.5 Å². The lowest BCUT2D eigenvalue weighted by atomic mass is 10.1. The number of pyridine rings is 1. The molecular weight excluding hydrogens is 388 g/mol. The first-order valence-corrected chi connectivity index (χ1v) is 10.0. The molecule has 158 valence electrons. The van der Waals surface area contributed by atoms with Crippen molar-refractivity contribution in [2.24, 2.45) is 0 Å². The van der Waals surface area contributed by atoms with Gasteiger partial charge in [-0.05, 0) is 66.8 Å². The molecule has 0 bridgehead atoms. The van der Waals surface area contributed by atoms with E-state index in [9.17, 15) is 4.79 Å². The van der Waals surface area contributed by atoms with Crippen molar-refractivity contribution in [3.05, 3.63) is 41.5 Å². The minimum atomic E-state index is -0.516. The SMILES string of the molecule is Nc1nonc1-n1nnc(C(=O)OCCCc2ccncc2)c1CN1CCCCC1. The third-order valence-corrected chi connectivity index (χ3v) is 5.07. The van der Waals surface area contributed by atoms with Gasteiger partial charge in [-0.3, -0.25) is 9.88 Å². The van der Waals surface area contributed by atoms with Crippen molar-refractivity contribution in [3.63, 3.8) is 0 Å². The number of carbonyl (C=O) groups is 1. The Bertz CT molecular complexity index is 965. The van der Waals surface area contributed by atoms with E-state index in [1.807, 2.05) is 12.1 Å². The van der Waals surface area contributed by atoms with Gasteiger partial charge >= 0.3 is 5.97 Å². The summed E-state index contributed by atoms with van der Waals surface area (Å²) in [6.45, 7) is 2.65. The van der Waals surface area contributed by atoms with Gasteiger partial charge in [0.15, 0.2) is 5.69 Å². The second-order valence-electron chi connectivity index (χ2n) is 7.20. The number of hydrogen-bond donors (Lipinski definition) is 1. The Kier molecular flexibility index (Phi) is 6.28. The molecule has 4 rings (SSSR count). The number of carbonyl (C=O) groups excluding carboxylic acids is 1. The second-order valence-corrected chi connectivity index (χ2v) is 7.20. The monoisotopic (exact) mass is 412 g/mol. The Morgan fingerprint density at radius 2 is 1.97 bits per heavy atom. The smallest absolute Gasteiger partial charge is 0.360 e. The van der Waals surface area contributed by atoms with Crippen molar-refractivity contribution in [1.29, 1.82) is 0 Å². The van der Waals surface area contributed by atoms with E-state index in [1.54, 1.807) is 12.4 Å². The molecule has 0 spiro atoms. The number of hydrogen-bond acceptors (Lipinski definition) is 10. The van der Waals surface area contributed by atoms with E-state index in [-0.39, 0.29) is 23.9 Å². The summed E-state index contributed by atoms with van der Waals surface area (Å²) in [5.74, 6) is -0.221. The van der Waals surface area contributed by atoms with E-state index in [1.165, 1.54) is 11.1 Å². The Hall–Kier alpha value is -3.34. The lowest BCUT2D eigenvalue weighted by molar-refractivity contribution is 0.0490. The van der Waals surface area contributed by atoms with Crippen LogP contribution in [0.1, 0.15) is 47.4 Å². The zero-order valence-corrected chi connectivity index (χ0v) is 16.6. The number of piperidine rings is 1. The van der Waals surface area contributed by atoms with Crippen molar-refractivity contribution >= 4 is 11.8 Å². The summed E-state index contributed by atoms with van der Waals surface area (Å²) in [6, 6.07) is 3.89. The summed E-state index contributed by atoms with van der Waals surface area (Å²) >= 11 is 0. The fourth-order valence-electron chi connectivity index (χ4n) is 3.50. The topological polar surface area (TPSA) is 138 Å². The van der Waals surface area contributed by atoms with Gasteiger partial charge in [0.2, 0.25) is 11.6 Å². The summed E-state index contributed by atoms with van der Waals surface area (Å²) in [5.41, 5.74) is 7.70. The minimum Gasteiger partial charge on any atom is -0.461 e. The molecule has 0 saturated carbocycles. The van der Waals surface area contributed by atoms with Gasteiger partial charge in [-0.2, -0.15) is 4.68 Å². The van der Waals surface area contributed by atoms with Gasteiger partial charge in [-0.15, -0.1) is 5.10 Å². The number of rotatable bonds is 8. The number of nitrogen functional groups attached to an aromatic ring is 1. The van der Waals surface area contributed by atoms with Crippen molar-refractivity contribution in [1.82, 2.24) is 35.2 Å². The Labute approximate surface area is 173 Å². The molecule has 11 nitrogen and oxygen atoms in total. The number of anilines is 1. The quantitative estimate of drug-likeness (QED) is 0.427. The van der Waals surface area contributed by atoms with Gasteiger partial charge in [0.25, 0.3) is 0 Å². The fourth-order valence-corrected chi connectivity index (χ4v) is 3.50. The Morgan fingerprint density at radius 3 is 2.70 bits per heavy atom. The van der Waals surface area contributed by atoms with E-state index < -0.39 is 5.97 Å². The number of nitrogens with two attached hydrogens (primary N) is 1. The number of esters is 1. The summed E-state index contributed by atoms with van der Waals surface area (Å²) in [7, 11) is 0. The highest BCUT2D eigenvalue weighted by Gasteiger charge is 2.26. The fraction of sp³-hybridized carbons (Fsp3) is 0.474. The van der Waals surface area contributed by atoms with Gasteiger partial charge in [0.1, 0.15) is 0 Å². The predicted molar refractivity (Wildman–Crippen MR) is 106 cm³/mol. The summed E-state index contributed by atoms with van der Waals surface area (Å²) in [6.07, 6.45) is 8.43. The average Bonchev–Trinajstić information content (AvgIpc) is 3.38. The van der Waals surface area contributed by atoms with Crippen LogP contribution in [0.25, 0.3) is 5.82 Å². The molecule has 3 aromatic rings. The normalized spacial score (nSPS) is 14.7. The number of ether oxygens (including phenoxy) is 1. The molecule has 0 radical (unpaired) electrons. The van der Waals surface area contributed by atoms with Crippen molar-refractivity contribution in [2.75, 3.05) is 25.4 Å². The van der Waals surface area contributed by atoms with Crippen LogP contribution >= 0.6 is 0 Å². The highest BCUT2D eigenvalue weighted by molar-refractivity contribution is 5.88. The van der Waals surface area contributed by atoms with Crippen LogP contribution in [0.15, 0.2) is 29.2 Å². The molecule has 1 fully saturated rings. The maximum atomic E-state index is 12.7. The molecule has 0 aliphatic carbocycles. The van der Waals surface area contributed by atoms with Gasteiger partial charge in [0.05, 0.1) is 12.3 Å². The molecule has 11 heteroatoms. The maximum absolute atomic E-state index is 12.7. The zero-order chi connectivity index (χ0) is 20.8. The molecule has 1 aliphatic rings. The molecule has 4 heterocycles. The van der Waals surface area contributed by atoms with Crippen LogP contribution in [-0.2, 0) is 17.7 Å². The lowest BCUT2D eigenvalue weighted by Gasteiger charge is -2.26. The molecule has 0 aromatic carbocycles. The van der Waals surface area contributed by atoms with E-state index in [2.05, 4.69) is 35.1 Å². The molecule has 0 amide bonds. The predicted octanol–water partition coefficient (Wildman–Crippen LogP) is 1.40. The molecule has 30 heavy (non-hydrogen) atoms. The number of likely N-dealkylation sites (tertiary alicyclic amines) is 1. The van der Waals surface area contributed by atoms with Crippen molar-refractivity contribution in [2.45, 2.75) is 38.6 Å². The van der Waals surface area contributed by atoms with Gasteiger partial charge in [-0.25, -0.2) is 9.42 Å². The first-order valence-electron chi connectivity index (χ1n) is 10.0. The average molecular weight is 412 g/mol. The van der Waals surface area contributed by atoms with Crippen LogP contribution < -0.4 is 5.73 Å². The standard InChI is InChI=1S/C19H24N8O3/c20-17-18(24-30-23-17)27-15(13-26-10-2-1-3-11-26)16(22-25-27)19(28)29-12-4-5-14-6-8-21-9-7-14/h6-9H,1-5,10-13H2,(H2,20,23). The summed E-state index contributed by atoms with van der Waals surface area (Å²) in [5, 5.41) is 15.5. The maximum Gasteiger partial charge on any atom is 0.360 e. The van der Waals surface area contributed by atoms with Gasteiger partial charge in [0, 0.05) is 18.9 Å². The number of aryl methyl sites for hydroxylation is 1. The van der Waals surface area contributed by atoms with E-state index >= 15 is 0 Å². The zero-order valence-electron chi connectivity index (χ0n) is 16.6. The summed E-state index contributed by atoms with van der Waals surface area (Å²) in [4.78, 5) is 19.0. The molecule has 0 atom stereocenters. The lowest BCUT2D eigenvalue weighted by Crippen LogP contribution is -2.31. The third kappa shape index (κ3) is 4.62. The summed E-state index contributed by atoms with van der Waals surface area (Å²) < 4.78 is 11.6. The third-order valence-electron chi connectivity index (χ3n) is 5.07. The first kappa shape index (κ1) is 20.0. The van der Waals surface area contributed by atoms with Crippen LogP contribution in [0.2, 0.25) is 0 Å². The van der Waals surface area contributed by atoms with Crippen LogP contribution in [0, 0.1) is 0 Å². The second kappa shape index (κ2) is 9.44. The van der Waals surface area contributed by atoms with Crippen LogP contribution in [0.4, 0.5) is 5.82 Å². The van der Waals surface area contributed by atoms with Crippen molar-refractivity contribution in [3.8, 4) is 5.82 Å². The van der Waals surface area contributed by atoms with Crippen molar-refractivity contribution < 1.29 is 14.2 Å². The van der Waals surface area contributed by atoms with Crippen LogP contribution in [-0.4, -0.2) is 60.9 Å². The molecule has 0 unspecified atom stereocenters. The van der Waals surface area contributed by atoms with Crippen LogP contribution in [0.5, 0.6) is 0 Å². The minimum absolute atomic E-state index is 0.0806. The molecule has 2 N–H and O–H groups in total. The number of aromatic nitrogens is 6. The molecular formula is C19H24N8O3. The van der Waals surface area contributed by atoms with E-state index in [0.29, 0.717) is 18.7 Å².